The topological polar surface area (TPSA) is 80.1 Å². The zero-order valence-corrected chi connectivity index (χ0v) is 17.4. The highest BCUT2D eigenvalue weighted by Gasteiger charge is 2.52. The Balaban J connectivity index is 1.81. The Morgan fingerprint density at radius 2 is 1.75 bits per heavy atom. The van der Waals surface area contributed by atoms with Crippen LogP contribution < -0.4 is 10.8 Å². The van der Waals surface area contributed by atoms with E-state index >= 15 is 0 Å². The highest BCUT2D eigenvalue weighted by atomic mass is 35.5. The smallest absolute Gasteiger partial charge is 0.399 e. The number of rotatable bonds is 2. The normalized spacial score (nSPS) is 22.9. The second-order valence-corrected chi connectivity index (χ2v) is 9.05. The molecule has 2 saturated heterocycles. The molecule has 1 aromatic carbocycles. The molecule has 0 spiro atoms. The summed E-state index contributed by atoms with van der Waals surface area (Å²) < 4.78 is 12.3. The van der Waals surface area contributed by atoms with Gasteiger partial charge in [-0.1, -0.05) is 11.6 Å². The maximum absolute atomic E-state index is 9.96. The van der Waals surface area contributed by atoms with Crippen LogP contribution in [0.25, 0.3) is 10.9 Å². The van der Waals surface area contributed by atoms with Crippen LogP contribution in [0.15, 0.2) is 18.5 Å². The van der Waals surface area contributed by atoms with Crippen molar-refractivity contribution < 1.29 is 9.31 Å². The average Bonchev–Trinajstić information content (AvgIpc) is 2.88. The zero-order valence-electron chi connectivity index (χ0n) is 16.7. The van der Waals surface area contributed by atoms with Crippen molar-refractivity contribution in [1.29, 1.82) is 5.26 Å². The molecule has 0 atom stereocenters. The molecule has 3 heterocycles. The predicted octanol–water partition coefficient (Wildman–Crippen LogP) is 2.73. The Morgan fingerprint density at radius 1 is 1.11 bits per heavy atom. The molecule has 0 unspecified atom stereocenters. The van der Waals surface area contributed by atoms with E-state index in [-0.39, 0.29) is 0 Å². The first-order valence-corrected chi connectivity index (χ1v) is 9.99. The Morgan fingerprint density at radius 3 is 2.36 bits per heavy atom. The summed E-state index contributed by atoms with van der Waals surface area (Å²) in [7, 11) is -0.566. The number of hydrogen-bond acceptors (Lipinski definition) is 6. The first kappa shape index (κ1) is 19.6. The third kappa shape index (κ3) is 3.00. The van der Waals surface area contributed by atoms with Gasteiger partial charge < -0.3 is 14.6 Å². The number of fused-ring (bicyclic) bond motifs is 1. The molecular formula is C20H24BClN4O2. The number of hydrogen-bond donors (Lipinski definition) is 1. The van der Waals surface area contributed by atoms with E-state index < -0.39 is 23.7 Å². The van der Waals surface area contributed by atoms with E-state index in [1.54, 1.807) is 0 Å². The SMILES string of the molecule is CC1(C)OB(c2cc3ncnc(C4(C#N)CCNCC4)c3cc2Cl)OC1(C)C. The van der Waals surface area contributed by atoms with E-state index in [0.29, 0.717) is 17.9 Å². The number of nitrogens with zero attached hydrogens (tertiary/aromatic N) is 3. The zero-order chi connectivity index (χ0) is 20.2. The van der Waals surface area contributed by atoms with Crippen LogP contribution in [0.5, 0.6) is 0 Å². The van der Waals surface area contributed by atoms with E-state index in [4.69, 9.17) is 20.9 Å². The number of nitrogens with one attached hydrogen (secondary N) is 1. The fraction of sp³-hybridized carbons (Fsp3) is 0.550. The standard InChI is InChI=1S/C20H24BClN4O2/c1-18(2)19(3,4)28-21(27-18)14-10-16-13(9-15(14)22)17(26-12-25-16)20(11-23)5-7-24-8-6-20/h9-10,12,24H,5-8H2,1-4H3. The number of piperidine rings is 1. The molecule has 2 aliphatic heterocycles. The van der Waals surface area contributed by atoms with Gasteiger partial charge in [-0.3, -0.25) is 0 Å². The highest BCUT2D eigenvalue weighted by molar-refractivity contribution is 6.66. The minimum absolute atomic E-state index is 0.452. The molecule has 2 fully saturated rings. The van der Waals surface area contributed by atoms with Crippen LogP contribution in [0.1, 0.15) is 46.2 Å². The van der Waals surface area contributed by atoms with Gasteiger partial charge in [-0.2, -0.15) is 5.26 Å². The fourth-order valence-corrected chi connectivity index (χ4v) is 4.13. The second-order valence-electron chi connectivity index (χ2n) is 8.65. The molecule has 2 aromatic rings. The van der Waals surface area contributed by atoms with Crippen LogP contribution in [-0.4, -0.2) is 41.4 Å². The van der Waals surface area contributed by atoms with E-state index in [9.17, 15) is 5.26 Å². The van der Waals surface area contributed by atoms with Crippen LogP contribution in [0.4, 0.5) is 0 Å². The molecule has 6 nitrogen and oxygen atoms in total. The van der Waals surface area contributed by atoms with Crippen LogP contribution in [0.3, 0.4) is 0 Å². The number of halogens is 1. The van der Waals surface area contributed by atoms with Gasteiger partial charge in [0.2, 0.25) is 0 Å². The fourth-order valence-electron chi connectivity index (χ4n) is 3.88. The van der Waals surface area contributed by atoms with Crippen molar-refractivity contribution in [3.05, 3.63) is 29.2 Å². The van der Waals surface area contributed by atoms with Crippen molar-refractivity contribution in [2.24, 2.45) is 0 Å². The number of nitriles is 1. The lowest BCUT2D eigenvalue weighted by atomic mass is 9.74. The number of benzene rings is 1. The Kier molecular flexibility index (Phi) is 4.67. The van der Waals surface area contributed by atoms with E-state index in [0.717, 1.165) is 35.1 Å². The lowest BCUT2D eigenvalue weighted by molar-refractivity contribution is 0.00578. The molecule has 1 N–H and O–H groups in total. The molecule has 1 aromatic heterocycles. The molecular weight excluding hydrogens is 375 g/mol. The second kappa shape index (κ2) is 6.67. The minimum atomic E-state index is -0.623. The maximum atomic E-state index is 9.96. The van der Waals surface area contributed by atoms with Gasteiger partial charge in [0.25, 0.3) is 0 Å². The molecule has 0 bridgehead atoms. The summed E-state index contributed by atoms with van der Waals surface area (Å²) in [5.74, 6) is 0. The van der Waals surface area contributed by atoms with Crippen molar-refractivity contribution in [2.45, 2.75) is 57.2 Å². The van der Waals surface area contributed by atoms with Crippen LogP contribution in [0.2, 0.25) is 5.02 Å². The van der Waals surface area contributed by atoms with Crippen LogP contribution >= 0.6 is 11.6 Å². The third-order valence-corrected chi connectivity index (χ3v) is 6.71. The highest BCUT2D eigenvalue weighted by Crippen LogP contribution is 2.39. The van der Waals surface area contributed by atoms with E-state index in [2.05, 4.69) is 21.4 Å². The van der Waals surface area contributed by atoms with Gasteiger partial charge >= 0.3 is 7.12 Å². The molecule has 8 heteroatoms. The molecule has 4 rings (SSSR count). The molecule has 0 aliphatic carbocycles. The van der Waals surface area contributed by atoms with Gasteiger partial charge in [0.15, 0.2) is 0 Å². The maximum Gasteiger partial charge on any atom is 0.496 e. The Bertz CT molecular complexity index is 951. The molecule has 0 amide bonds. The van der Waals surface area contributed by atoms with Gasteiger partial charge in [-0.25, -0.2) is 9.97 Å². The Labute approximate surface area is 170 Å². The summed E-state index contributed by atoms with van der Waals surface area (Å²) in [4.78, 5) is 8.95. The summed E-state index contributed by atoms with van der Waals surface area (Å²) in [5, 5.41) is 14.6. The third-order valence-electron chi connectivity index (χ3n) is 6.39. The van der Waals surface area contributed by atoms with Crippen molar-refractivity contribution in [1.82, 2.24) is 15.3 Å². The van der Waals surface area contributed by atoms with Crippen molar-refractivity contribution >= 4 is 35.1 Å². The first-order valence-electron chi connectivity index (χ1n) is 9.61. The van der Waals surface area contributed by atoms with Gasteiger partial charge in [-0.15, -0.1) is 0 Å². The van der Waals surface area contributed by atoms with Gasteiger partial charge in [-0.05, 0) is 65.8 Å². The molecule has 28 heavy (non-hydrogen) atoms. The average molecular weight is 399 g/mol. The van der Waals surface area contributed by atoms with Crippen molar-refractivity contribution in [3.8, 4) is 6.07 Å². The summed E-state index contributed by atoms with van der Waals surface area (Å²) >= 11 is 6.66. The quantitative estimate of drug-likeness (QED) is 0.784. The van der Waals surface area contributed by atoms with E-state index in [1.807, 2.05) is 39.8 Å². The van der Waals surface area contributed by atoms with Crippen molar-refractivity contribution in [2.75, 3.05) is 13.1 Å². The summed E-state index contributed by atoms with van der Waals surface area (Å²) in [5.41, 5.74) is 0.714. The molecule has 146 valence electrons. The monoisotopic (exact) mass is 398 g/mol. The lowest BCUT2D eigenvalue weighted by Gasteiger charge is -2.32. The first-order chi connectivity index (χ1) is 13.2. The molecule has 2 aliphatic rings. The van der Waals surface area contributed by atoms with Crippen LogP contribution in [-0.2, 0) is 14.7 Å². The number of aromatic nitrogens is 2. The predicted molar refractivity (Wildman–Crippen MR) is 110 cm³/mol. The summed E-state index contributed by atoms with van der Waals surface area (Å²) in [6, 6.07) is 6.27. The van der Waals surface area contributed by atoms with Crippen LogP contribution in [0, 0.1) is 11.3 Å². The largest absolute Gasteiger partial charge is 0.496 e. The van der Waals surface area contributed by atoms with Gasteiger partial charge in [0.1, 0.15) is 11.7 Å². The summed E-state index contributed by atoms with van der Waals surface area (Å²) in [6.45, 7) is 9.62. The minimum Gasteiger partial charge on any atom is -0.399 e. The van der Waals surface area contributed by atoms with Gasteiger partial charge in [0.05, 0.1) is 28.5 Å². The molecule has 0 radical (unpaired) electrons. The Hall–Kier alpha value is -1.72. The van der Waals surface area contributed by atoms with E-state index in [1.165, 1.54) is 6.33 Å². The summed E-state index contributed by atoms with van der Waals surface area (Å²) in [6.07, 6.45) is 2.96. The lowest BCUT2D eigenvalue weighted by Crippen LogP contribution is -2.41. The van der Waals surface area contributed by atoms with Crippen molar-refractivity contribution in [3.63, 3.8) is 0 Å². The molecule has 0 saturated carbocycles. The van der Waals surface area contributed by atoms with Gasteiger partial charge in [0, 0.05) is 15.9 Å².